The van der Waals surface area contributed by atoms with Crippen molar-refractivity contribution in [2.24, 2.45) is 0 Å². The van der Waals surface area contributed by atoms with Crippen molar-refractivity contribution in [3.63, 3.8) is 0 Å². The smallest absolute Gasteiger partial charge is 0.368 e. The molecule has 0 spiro atoms. The van der Waals surface area contributed by atoms with Gasteiger partial charge in [-0.1, -0.05) is 17.7 Å². The van der Waals surface area contributed by atoms with Crippen molar-refractivity contribution in [2.45, 2.75) is 24.9 Å². The Labute approximate surface area is 168 Å². The van der Waals surface area contributed by atoms with Gasteiger partial charge in [0.25, 0.3) is 5.56 Å². The van der Waals surface area contributed by atoms with Crippen LogP contribution in [0.1, 0.15) is 30.1 Å². The fourth-order valence-electron chi connectivity index (χ4n) is 3.56. The number of rotatable bonds is 3. The zero-order valence-electron chi connectivity index (χ0n) is 15.2. The zero-order valence-corrected chi connectivity index (χ0v) is 15.9. The van der Waals surface area contributed by atoms with Crippen molar-refractivity contribution in [1.29, 1.82) is 0 Å². The summed E-state index contributed by atoms with van der Waals surface area (Å²) in [6, 6.07) is 4.42. The Morgan fingerprint density at radius 3 is 2.83 bits per heavy atom. The third kappa shape index (κ3) is 3.87. The average molecular weight is 424 g/mol. The van der Waals surface area contributed by atoms with Crippen molar-refractivity contribution >= 4 is 17.3 Å². The highest BCUT2D eigenvalue weighted by molar-refractivity contribution is 6.33. The molecule has 0 amide bonds. The summed E-state index contributed by atoms with van der Waals surface area (Å²) in [6.45, 7) is 1.31. The standard InChI is InChI=1S/C19H17ClF3N5O/c20-16-15(27-8-2-3-12(11-27)17-24-6-7-25-17)10-26-28(18(16)29)14-5-1-4-13(9-14)19(21,22)23/h1,4-7,9-10,12H,2-3,8,11H2,(H,24,25). The minimum atomic E-state index is -4.52. The number of alkyl halides is 3. The number of nitrogens with zero attached hydrogens (tertiary/aromatic N) is 4. The van der Waals surface area contributed by atoms with E-state index in [4.69, 9.17) is 11.6 Å². The Kier molecular flexibility index (Phi) is 5.08. The number of imidazole rings is 1. The van der Waals surface area contributed by atoms with Gasteiger partial charge in [0.15, 0.2) is 0 Å². The van der Waals surface area contributed by atoms with Crippen LogP contribution in [-0.4, -0.2) is 32.8 Å². The van der Waals surface area contributed by atoms with Crippen LogP contribution in [0.2, 0.25) is 5.02 Å². The van der Waals surface area contributed by atoms with E-state index < -0.39 is 17.3 Å². The molecule has 1 atom stereocenters. The number of hydrogen-bond donors (Lipinski definition) is 1. The summed E-state index contributed by atoms with van der Waals surface area (Å²) in [5.41, 5.74) is -1.05. The van der Waals surface area contributed by atoms with Gasteiger partial charge in [0.05, 0.1) is 23.1 Å². The van der Waals surface area contributed by atoms with E-state index in [0.717, 1.165) is 35.5 Å². The van der Waals surface area contributed by atoms with Crippen LogP contribution in [0.5, 0.6) is 0 Å². The Hall–Kier alpha value is -2.81. The summed E-state index contributed by atoms with van der Waals surface area (Å²) in [6.07, 6.45) is 2.21. The van der Waals surface area contributed by atoms with Gasteiger partial charge in [-0.15, -0.1) is 0 Å². The van der Waals surface area contributed by atoms with Crippen LogP contribution in [0.4, 0.5) is 18.9 Å². The maximum atomic E-state index is 13.0. The Morgan fingerprint density at radius 1 is 1.28 bits per heavy atom. The lowest BCUT2D eigenvalue weighted by molar-refractivity contribution is -0.137. The van der Waals surface area contributed by atoms with E-state index in [0.29, 0.717) is 18.8 Å². The molecular weight excluding hydrogens is 407 g/mol. The van der Waals surface area contributed by atoms with E-state index in [-0.39, 0.29) is 16.6 Å². The first-order valence-electron chi connectivity index (χ1n) is 9.04. The number of aromatic amines is 1. The highest BCUT2D eigenvalue weighted by Gasteiger charge is 2.31. The van der Waals surface area contributed by atoms with Crippen LogP contribution >= 0.6 is 11.6 Å². The molecule has 4 rings (SSSR count). The molecule has 0 aliphatic carbocycles. The number of aromatic nitrogens is 4. The van der Waals surface area contributed by atoms with Crippen LogP contribution in [0.25, 0.3) is 5.69 Å². The summed E-state index contributed by atoms with van der Waals surface area (Å²) in [4.78, 5) is 22.1. The molecular formula is C19H17ClF3N5O. The normalized spacial score (nSPS) is 17.5. The van der Waals surface area contributed by atoms with Crippen molar-refractivity contribution in [3.8, 4) is 5.69 Å². The number of H-pyrrole nitrogens is 1. The third-order valence-electron chi connectivity index (χ3n) is 4.99. The van der Waals surface area contributed by atoms with Crippen molar-refractivity contribution in [1.82, 2.24) is 19.7 Å². The molecule has 1 saturated heterocycles. The molecule has 0 saturated carbocycles. The number of benzene rings is 1. The molecule has 3 heterocycles. The first kappa shape index (κ1) is 19.5. The molecule has 2 aromatic heterocycles. The molecule has 6 nitrogen and oxygen atoms in total. The topological polar surface area (TPSA) is 66.8 Å². The summed E-state index contributed by atoms with van der Waals surface area (Å²) in [5.74, 6) is 1.04. The van der Waals surface area contributed by atoms with Crippen LogP contribution in [0.15, 0.2) is 47.7 Å². The minimum absolute atomic E-state index is 0.00498. The predicted molar refractivity (Wildman–Crippen MR) is 103 cm³/mol. The minimum Gasteiger partial charge on any atom is -0.368 e. The SMILES string of the molecule is O=c1c(Cl)c(N2CCCC(c3ncc[nH]3)C2)cnn1-c1cccc(C(F)(F)F)c1. The van der Waals surface area contributed by atoms with E-state index in [2.05, 4.69) is 15.1 Å². The fraction of sp³-hybridized carbons (Fsp3) is 0.316. The van der Waals surface area contributed by atoms with Crippen LogP contribution in [-0.2, 0) is 6.18 Å². The fourth-order valence-corrected chi connectivity index (χ4v) is 3.81. The molecule has 10 heteroatoms. The van der Waals surface area contributed by atoms with Crippen molar-refractivity contribution in [2.75, 3.05) is 18.0 Å². The van der Waals surface area contributed by atoms with Gasteiger partial charge in [-0.05, 0) is 31.0 Å². The number of hydrogen-bond acceptors (Lipinski definition) is 4. The Balaban J connectivity index is 1.65. The maximum Gasteiger partial charge on any atom is 0.416 e. The zero-order chi connectivity index (χ0) is 20.6. The second kappa shape index (κ2) is 7.55. The number of anilines is 1. The van der Waals surface area contributed by atoms with Gasteiger partial charge in [0.2, 0.25) is 0 Å². The Morgan fingerprint density at radius 2 is 2.10 bits per heavy atom. The lowest BCUT2D eigenvalue weighted by Gasteiger charge is -2.33. The first-order chi connectivity index (χ1) is 13.8. The lowest BCUT2D eigenvalue weighted by Crippen LogP contribution is -2.36. The molecule has 3 aromatic rings. The summed E-state index contributed by atoms with van der Waals surface area (Å²) in [7, 11) is 0. The molecule has 29 heavy (non-hydrogen) atoms. The van der Waals surface area contributed by atoms with Gasteiger partial charge in [-0.25, -0.2) is 4.98 Å². The highest BCUT2D eigenvalue weighted by Crippen LogP contribution is 2.32. The van der Waals surface area contributed by atoms with E-state index in [1.54, 1.807) is 12.4 Å². The number of nitrogens with one attached hydrogen (secondary N) is 1. The number of piperidine rings is 1. The molecule has 1 fully saturated rings. The van der Waals surface area contributed by atoms with Crippen molar-refractivity contribution < 1.29 is 13.2 Å². The molecule has 0 bridgehead atoms. The van der Waals surface area contributed by atoms with E-state index in [1.807, 2.05) is 4.90 Å². The second-order valence-electron chi connectivity index (χ2n) is 6.87. The molecule has 1 aromatic carbocycles. The largest absolute Gasteiger partial charge is 0.416 e. The molecule has 1 aliphatic rings. The summed E-state index contributed by atoms with van der Waals surface area (Å²) in [5, 5.41) is 4.01. The molecule has 0 radical (unpaired) electrons. The van der Waals surface area contributed by atoms with Gasteiger partial charge in [-0.3, -0.25) is 4.79 Å². The first-order valence-corrected chi connectivity index (χ1v) is 9.42. The van der Waals surface area contributed by atoms with Crippen LogP contribution in [0, 0.1) is 0 Å². The lowest BCUT2D eigenvalue weighted by atomic mass is 9.97. The van der Waals surface area contributed by atoms with Gasteiger partial charge in [0.1, 0.15) is 10.8 Å². The predicted octanol–water partition coefficient (Wildman–Crippen LogP) is 4.01. The van der Waals surface area contributed by atoms with Gasteiger partial charge in [0, 0.05) is 31.4 Å². The molecule has 1 N–H and O–H groups in total. The molecule has 152 valence electrons. The average Bonchev–Trinajstić information content (AvgIpc) is 3.24. The maximum absolute atomic E-state index is 13.0. The number of halogens is 4. The quantitative estimate of drug-likeness (QED) is 0.691. The van der Waals surface area contributed by atoms with Gasteiger partial charge >= 0.3 is 6.18 Å². The highest BCUT2D eigenvalue weighted by atomic mass is 35.5. The van der Waals surface area contributed by atoms with E-state index in [1.165, 1.54) is 18.3 Å². The molecule has 1 unspecified atom stereocenters. The molecule has 1 aliphatic heterocycles. The summed E-state index contributed by atoms with van der Waals surface area (Å²) >= 11 is 6.32. The van der Waals surface area contributed by atoms with Crippen LogP contribution < -0.4 is 10.5 Å². The summed E-state index contributed by atoms with van der Waals surface area (Å²) < 4.78 is 39.8. The second-order valence-corrected chi connectivity index (χ2v) is 7.25. The van der Waals surface area contributed by atoms with Crippen molar-refractivity contribution in [3.05, 3.63) is 69.6 Å². The van der Waals surface area contributed by atoms with Gasteiger partial charge in [-0.2, -0.15) is 23.0 Å². The van der Waals surface area contributed by atoms with E-state index in [9.17, 15) is 18.0 Å². The van der Waals surface area contributed by atoms with Crippen LogP contribution in [0.3, 0.4) is 0 Å². The van der Waals surface area contributed by atoms with E-state index >= 15 is 0 Å². The van der Waals surface area contributed by atoms with Gasteiger partial charge < -0.3 is 9.88 Å². The third-order valence-corrected chi connectivity index (χ3v) is 5.34. The monoisotopic (exact) mass is 423 g/mol. The Bertz CT molecular complexity index is 1060.